The van der Waals surface area contributed by atoms with Crippen molar-refractivity contribution >= 4 is 11.9 Å². The van der Waals surface area contributed by atoms with Crippen LogP contribution in [0.15, 0.2) is 72.9 Å². The van der Waals surface area contributed by atoms with Crippen LogP contribution in [0.5, 0.6) is 0 Å². The average molecular weight is 1100 g/mol. The molecule has 1 heterocycles. The molecule has 1 rings (SSSR count). The molecule has 0 aliphatic carbocycles. The van der Waals surface area contributed by atoms with Gasteiger partial charge in [0.2, 0.25) is 5.91 Å². The SMILES string of the molecule is CC/C=C\C/C=C\C/C=C\C/C=C\C/C=C\CCC(O)C(=O)NC(COC1OC(CO)C(O)C(O)C1OC(=O)CCCCCCCCCCCCCCCCCCCCCCC)C(O)/C=C/CCCCCCCCCCCC. The number of carbonyl (C=O) groups excluding carboxylic acids is 2. The Morgan fingerprint density at radius 2 is 0.923 bits per heavy atom. The summed E-state index contributed by atoms with van der Waals surface area (Å²) in [6.45, 7) is 5.66. The van der Waals surface area contributed by atoms with Gasteiger partial charge in [-0.1, -0.05) is 280 Å². The number of aliphatic hydroxyl groups excluding tert-OH is 5. The van der Waals surface area contributed by atoms with E-state index in [1.54, 1.807) is 6.08 Å². The maximum atomic E-state index is 13.4. The van der Waals surface area contributed by atoms with Crippen LogP contribution in [0.3, 0.4) is 0 Å². The summed E-state index contributed by atoms with van der Waals surface area (Å²) in [6.07, 6.45) is 59.6. The molecular weight excluding hydrogens is 979 g/mol. The predicted octanol–water partition coefficient (Wildman–Crippen LogP) is 15.6. The third kappa shape index (κ3) is 42.0. The maximum Gasteiger partial charge on any atom is 0.306 e. The maximum absolute atomic E-state index is 13.4. The largest absolute Gasteiger partial charge is 0.454 e. The van der Waals surface area contributed by atoms with Gasteiger partial charge in [0.15, 0.2) is 12.4 Å². The van der Waals surface area contributed by atoms with Crippen molar-refractivity contribution in [2.24, 2.45) is 0 Å². The molecule has 1 amide bonds. The zero-order valence-electron chi connectivity index (χ0n) is 50.0. The topological polar surface area (TPSA) is 175 Å². The van der Waals surface area contributed by atoms with Gasteiger partial charge in [-0.2, -0.15) is 0 Å². The van der Waals surface area contributed by atoms with Crippen LogP contribution < -0.4 is 5.32 Å². The van der Waals surface area contributed by atoms with E-state index < -0.39 is 67.4 Å². The summed E-state index contributed by atoms with van der Waals surface area (Å²) in [5, 5.41) is 56.9. The van der Waals surface area contributed by atoms with Crippen molar-refractivity contribution in [1.82, 2.24) is 5.32 Å². The van der Waals surface area contributed by atoms with E-state index in [1.807, 2.05) is 18.2 Å². The van der Waals surface area contributed by atoms with Crippen LogP contribution in [-0.4, -0.2) is 99.6 Å². The van der Waals surface area contributed by atoms with E-state index in [9.17, 15) is 35.1 Å². The Bertz CT molecular complexity index is 1540. The lowest BCUT2D eigenvalue weighted by atomic mass is 9.99. The summed E-state index contributed by atoms with van der Waals surface area (Å²) < 4.78 is 17.6. The molecule has 1 saturated heterocycles. The molecule has 0 aromatic carbocycles. The Morgan fingerprint density at radius 1 is 0.513 bits per heavy atom. The molecule has 11 nitrogen and oxygen atoms in total. The lowest BCUT2D eigenvalue weighted by Gasteiger charge is -2.41. The first-order valence-electron chi connectivity index (χ1n) is 32.2. The van der Waals surface area contributed by atoms with E-state index >= 15 is 0 Å². The third-order valence-electron chi connectivity index (χ3n) is 14.9. The highest BCUT2D eigenvalue weighted by molar-refractivity contribution is 5.80. The van der Waals surface area contributed by atoms with Crippen molar-refractivity contribution in [3.8, 4) is 0 Å². The molecule has 78 heavy (non-hydrogen) atoms. The van der Waals surface area contributed by atoms with Crippen LogP contribution in [0.4, 0.5) is 0 Å². The normalized spacial score (nSPS) is 19.4. The van der Waals surface area contributed by atoms with E-state index in [-0.39, 0.29) is 19.4 Å². The Hall–Kier alpha value is -2.90. The van der Waals surface area contributed by atoms with Gasteiger partial charge in [0.1, 0.15) is 24.4 Å². The predicted molar refractivity (Wildman–Crippen MR) is 324 cm³/mol. The highest BCUT2D eigenvalue weighted by Gasteiger charge is 2.47. The number of unbranched alkanes of at least 4 members (excludes halogenated alkanes) is 30. The van der Waals surface area contributed by atoms with Gasteiger partial charge in [-0.15, -0.1) is 0 Å². The van der Waals surface area contributed by atoms with Crippen molar-refractivity contribution in [1.29, 1.82) is 0 Å². The van der Waals surface area contributed by atoms with Crippen LogP contribution in [0.2, 0.25) is 0 Å². The van der Waals surface area contributed by atoms with Crippen molar-refractivity contribution in [3.63, 3.8) is 0 Å². The van der Waals surface area contributed by atoms with E-state index in [1.165, 1.54) is 154 Å². The number of hydrogen-bond acceptors (Lipinski definition) is 10. The summed E-state index contributed by atoms with van der Waals surface area (Å²) in [5.41, 5.74) is 0. The zero-order chi connectivity index (χ0) is 56.8. The van der Waals surface area contributed by atoms with E-state index in [0.29, 0.717) is 12.8 Å². The van der Waals surface area contributed by atoms with Crippen molar-refractivity contribution < 1.29 is 49.3 Å². The van der Waals surface area contributed by atoms with E-state index in [0.717, 1.165) is 77.0 Å². The summed E-state index contributed by atoms with van der Waals surface area (Å²) in [6, 6.07) is -1.06. The first kappa shape index (κ1) is 73.1. The lowest BCUT2D eigenvalue weighted by molar-refractivity contribution is -0.305. The van der Waals surface area contributed by atoms with Gasteiger partial charge in [-0.3, -0.25) is 9.59 Å². The van der Waals surface area contributed by atoms with Gasteiger partial charge in [0.05, 0.1) is 25.4 Å². The number of ether oxygens (including phenoxy) is 3. The first-order chi connectivity index (χ1) is 38.2. The quantitative estimate of drug-likeness (QED) is 0.0195. The van der Waals surface area contributed by atoms with E-state index in [4.69, 9.17) is 14.2 Å². The number of rotatable bonds is 54. The van der Waals surface area contributed by atoms with Gasteiger partial charge in [-0.05, 0) is 64.2 Å². The fraction of sp³-hybridized carbons (Fsp3) is 0.791. The molecule has 0 saturated carbocycles. The molecule has 1 aliphatic rings. The molecule has 0 radical (unpaired) electrons. The zero-order valence-corrected chi connectivity index (χ0v) is 50.0. The second-order valence-electron chi connectivity index (χ2n) is 22.1. The highest BCUT2D eigenvalue weighted by Crippen LogP contribution is 2.26. The van der Waals surface area contributed by atoms with Crippen LogP contribution in [0, 0.1) is 0 Å². The van der Waals surface area contributed by atoms with Gasteiger partial charge in [-0.25, -0.2) is 0 Å². The molecule has 6 N–H and O–H groups in total. The minimum absolute atomic E-state index is 0.118. The smallest absolute Gasteiger partial charge is 0.306 e. The number of aliphatic hydroxyl groups is 5. The standard InChI is InChI=1S/C67H119NO10/c1-4-7-10-13-16-19-22-25-27-29-30-31-32-33-35-37-40-43-46-49-52-55-62(72)78-65-64(74)63(73)61(56-69)77-67(65)76-57-58(59(70)53-50-47-44-41-38-24-21-18-15-12-9-6-3)68-66(75)60(71)54-51-48-45-42-39-36-34-28-26-23-20-17-14-11-8-5-2/h8,11,17,20,26,28,36,39,45,48,50,53,58-61,63-65,67,69-71,73-74H,4-7,9-10,12-16,18-19,21-25,27,29-35,37-38,40-44,46-47,49,51-52,54-57H2,1-3H3,(H,68,75)/b11-8-,20-17-,28-26-,39-36-,48-45-,53-50+. The molecule has 1 fully saturated rings. The fourth-order valence-electron chi connectivity index (χ4n) is 9.80. The molecule has 1 aliphatic heterocycles. The number of amides is 1. The van der Waals surface area contributed by atoms with Gasteiger partial charge in [0, 0.05) is 6.42 Å². The Kier molecular flexibility index (Phi) is 51.3. The molecule has 0 spiro atoms. The van der Waals surface area contributed by atoms with Crippen LogP contribution >= 0.6 is 0 Å². The second-order valence-corrected chi connectivity index (χ2v) is 22.1. The van der Waals surface area contributed by atoms with Crippen molar-refractivity contribution in [3.05, 3.63) is 72.9 Å². The number of allylic oxidation sites excluding steroid dienone is 11. The lowest BCUT2D eigenvalue weighted by Crippen LogP contribution is -2.61. The van der Waals surface area contributed by atoms with Gasteiger partial charge < -0.3 is 45.1 Å². The molecule has 11 heteroatoms. The van der Waals surface area contributed by atoms with Crippen molar-refractivity contribution in [2.75, 3.05) is 13.2 Å². The van der Waals surface area contributed by atoms with Crippen LogP contribution in [-0.2, 0) is 23.8 Å². The average Bonchev–Trinajstić information content (AvgIpc) is 3.44. The molecule has 8 unspecified atom stereocenters. The minimum Gasteiger partial charge on any atom is -0.454 e. The van der Waals surface area contributed by atoms with Crippen molar-refractivity contribution in [2.45, 2.75) is 327 Å². The Balaban J connectivity index is 2.67. The fourth-order valence-corrected chi connectivity index (χ4v) is 9.80. The molecule has 0 aromatic rings. The summed E-state index contributed by atoms with van der Waals surface area (Å²) >= 11 is 0. The number of hydrogen-bond donors (Lipinski definition) is 6. The van der Waals surface area contributed by atoms with Gasteiger partial charge >= 0.3 is 5.97 Å². The van der Waals surface area contributed by atoms with Crippen LogP contribution in [0.25, 0.3) is 0 Å². The van der Waals surface area contributed by atoms with Gasteiger partial charge in [0.25, 0.3) is 0 Å². The second kappa shape index (κ2) is 54.7. The minimum atomic E-state index is -1.62. The number of esters is 1. The number of carbonyl (C=O) groups is 2. The molecule has 452 valence electrons. The summed E-state index contributed by atoms with van der Waals surface area (Å²) in [7, 11) is 0. The number of nitrogens with one attached hydrogen (secondary N) is 1. The van der Waals surface area contributed by atoms with E-state index in [2.05, 4.69) is 74.7 Å². The summed E-state index contributed by atoms with van der Waals surface area (Å²) in [4.78, 5) is 26.5. The Labute approximate surface area is 477 Å². The highest BCUT2D eigenvalue weighted by atomic mass is 16.7. The first-order valence-corrected chi connectivity index (χ1v) is 32.2. The third-order valence-corrected chi connectivity index (χ3v) is 14.9. The summed E-state index contributed by atoms with van der Waals surface area (Å²) in [5.74, 6) is -1.25. The molecule has 0 bridgehead atoms. The molecule has 8 atom stereocenters. The van der Waals surface area contributed by atoms with Crippen LogP contribution in [0.1, 0.15) is 278 Å². The molecule has 0 aromatic heterocycles. The molecular formula is C67H119NO10. The Morgan fingerprint density at radius 3 is 1.36 bits per heavy atom. The monoisotopic (exact) mass is 1100 g/mol.